The van der Waals surface area contributed by atoms with E-state index in [9.17, 15) is 0 Å². The molecule has 3 fully saturated rings. The van der Waals surface area contributed by atoms with E-state index in [1.165, 1.54) is 64.2 Å². The first-order valence-electron chi connectivity index (χ1n) is 11.3. The number of allylic oxidation sites excluding steroid dienone is 2. The Bertz CT molecular complexity index is 433. The van der Waals surface area contributed by atoms with Gasteiger partial charge >= 0.3 is 0 Å². The Morgan fingerprint density at radius 3 is 2.50 bits per heavy atom. The minimum atomic E-state index is 0.571. The van der Waals surface area contributed by atoms with Gasteiger partial charge in [0.2, 0.25) is 0 Å². The van der Waals surface area contributed by atoms with Crippen LogP contribution in [0, 0.1) is 35.0 Å². The minimum Gasteiger partial charge on any atom is -0.0879 e. The Labute approximate surface area is 151 Å². The number of hydrogen-bond acceptors (Lipinski definition) is 0. The summed E-state index contributed by atoms with van der Waals surface area (Å²) in [5.74, 6) is 5.26. The molecule has 3 aliphatic carbocycles. The van der Waals surface area contributed by atoms with Crippen molar-refractivity contribution in [1.82, 2.24) is 0 Å². The second kappa shape index (κ2) is 7.96. The van der Waals surface area contributed by atoms with Gasteiger partial charge in [-0.15, -0.1) is 0 Å². The fourth-order valence-electron chi connectivity index (χ4n) is 7.35. The Balaban J connectivity index is 1.74. The number of fused-ring (bicyclic) bond motifs is 3. The molecular formula is C24H42. The zero-order valence-corrected chi connectivity index (χ0v) is 16.9. The highest BCUT2D eigenvalue weighted by Gasteiger charge is 2.54. The van der Waals surface area contributed by atoms with Gasteiger partial charge in [-0.25, -0.2) is 0 Å². The van der Waals surface area contributed by atoms with E-state index in [1.54, 1.807) is 12.8 Å². The number of rotatable bonds is 6. The Hall–Kier alpha value is -0.260. The Kier molecular flexibility index (Phi) is 6.15. The van der Waals surface area contributed by atoms with Crippen molar-refractivity contribution in [1.29, 1.82) is 0 Å². The van der Waals surface area contributed by atoms with Crippen molar-refractivity contribution in [3.8, 4) is 0 Å². The lowest BCUT2D eigenvalue weighted by Gasteiger charge is -2.54. The molecule has 0 radical (unpaired) electrons. The number of unbranched alkanes of at least 4 members (excludes halogenated alkanes) is 2. The zero-order valence-electron chi connectivity index (χ0n) is 16.9. The summed E-state index contributed by atoms with van der Waals surface area (Å²) in [5.41, 5.74) is 2.38. The maximum atomic E-state index is 2.62. The van der Waals surface area contributed by atoms with Crippen LogP contribution in [-0.4, -0.2) is 0 Å². The molecule has 0 heteroatoms. The monoisotopic (exact) mass is 330 g/mol. The summed E-state index contributed by atoms with van der Waals surface area (Å²) < 4.78 is 0. The lowest BCUT2D eigenvalue weighted by atomic mass is 9.51. The predicted octanol–water partition coefficient (Wildman–Crippen LogP) is 7.78. The third-order valence-electron chi connectivity index (χ3n) is 8.52. The van der Waals surface area contributed by atoms with Gasteiger partial charge in [-0.3, -0.25) is 0 Å². The van der Waals surface area contributed by atoms with Gasteiger partial charge < -0.3 is 0 Å². The van der Waals surface area contributed by atoms with Crippen LogP contribution >= 0.6 is 0 Å². The van der Waals surface area contributed by atoms with E-state index in [0.717, 1.165) is 29.6 Å². The van der Waals surface area contributed by atoms with Crippen LogP contribution in [0.1, 0.15) is 105 Å². The molecule has 0 nitrogen and oxygen atoms in total. The quantitative estimate of drug-likeness (QED) is 0.344. The molecule has 0 spiro atoms. The normalized spacial score (nSPS) is 43.7. The Morgan fingerprint density at radius 2 is 1.79 bits per heavy atom. The summed E-state index contributed by atoms with van der Waals surface area (Å²) in [6, 6.07) is 0. The molecule has 6 atom stereocenters. The first-order chi connectivity index (χ1) is 11.7. The van der Waals surface area contributed by atoms with Crippen LogP contribution in [0.4, 0.5) is 0 Å². The van der Waals surface area contributed by atoms with E-state index < -0.39 is 0 Å². The van der Waals surface area contributed by atoms with Crippen LogP contribution in [0.3, 0.4) is 0 Å². The van der Waals surface area contributed by atoms with Gasteiger partial charge in [0.25, 0.3) is 0 Å². The first kappa shape index (κ1) is 18.5. The smallest absolute Gasteiger partial charge is 0.00853 e. The second-order valence-electron chi connectivity index (χ2n) is 9.53. The van der Waals surface area contributed by atoms with E-state index in [4.69, 9.17) is 0 Å². The molecular weight excluding hydrogens is 288 g/mol. The molecule has 0 aliphatic heterocycles. The third-order valence-corrected chi connectivity index (χ3v) is 8.52. The third kappa shape index (κ3) is 3.24. The molecule has 0 aromatic heterocycles. The molecule has 138 valence electrons. The molecule has 0 amide bonds. The van der Waals surface area contributed by atoms with Gasteiger partial charge in [-0.2, -0.15) is 0 Å². The minimum absolute atomic E-state index is 0.571. The van der Waals surface area contributed by atoms with Crippen molar-refractivity contribution in [2.24, 2.45) is 35.0 Å². The van der Waals surface area contributed by atoms with Gasteiger partial charge in [-0.1, -0.05) is 70.9 Å². The van der Waals surface area contributed by atoms with Crippen molar-refractivity contribution < 1.29 is 0 Å². The molecule has 3 aliphatic rings. The highest BCUT2D eigenvalue weighted by atomic mass is 14.6. The van der Waals surface area contributed by atoms with E-state index in [2.05, 4.69) is 33.8 Å². The molecule has 24 heavy (non-hydrogen) atoms. The van der Waals surface area contributed by atoms with Gasteiger partial charge in [0.05, 0.1) is 0 Å². The van der Waals surface area contributed by atoms with Crippen molar-refractivity contribution in [3.05, 3.63) is 11.6 Å². The molecule has 0 aromatic rings. The lowest BCUT2D eigenvalue weighted by Crippen LogP contribution is -2.46. The predicted molar refractivity (Wildman–Crippen MR) is 106 cm³/mol. The van der Waals surface area contributed by atoms with Crippen LogP contribution in [-0.2, 0) is 0 Å². The van der Waals surface area contributed by atoms with E-state index in [0.29, 0.717) is 5.41 Å². The average molecular weight is 331 g/mol. The van der Waals surface area contributed by atoms with Gasteiger partial charge in [0.1, 0.15) is 0 Å². The highest BCUT2D eigenvalue weighted by Crippen LogP contribution is 2.63. The maximum Gasteiger partial charge on any atom is -0.00853 e. The SMILES string of the molecule is C/C=C1/CCC2C3CCC(CCCCC)C(CCC)C3CCC12C. The van der Waals surface area contributed by atoms with Crippen molar-refractivity contribution in [2.75, 3.05) is 0 Å². The molecule has 3 rings (SSSR count). The number of hydrogen-bond donors (Lipinski definition) is 0. The largest absolute Gasteiger partial charge is 0.0879 e. The van der Waals surface area contributed by atoms with Gasteiger partial charge in [0.15, 0.2) is 0 Å². The van der Waals surface area contributed by atoms with E-state index in [-0.39, 0.29) is 0 Å². The average Bonchev–Trinajstić information content (AvgIpc) is 2.93. The maximum absolute atomic E-state index is 2.62. The van der Waals surface area contributed by atoms with Crippen LogP contribution in [0.15, 0.2) is 11.6 Å². The van der Waals surface area contributed by atoms with Gasteiger partial charge in [-0.05, 0) is 80.5 Å². The highest BCUT2D eigenvalue weighted by molar-refractivity contribution is 5.22. The zero-order chi connectivity index (χ0) is 17.2. The van der Waals surface area contributed by atoms with E-state index in [1.807, 2.05) is 5.57 Å². The fourth-order valence-corrected chi connectivity index (χ4v) is 7.35. The summed E-state index contributed by atoms with van der Waals surface area (Å²) in [4.78, 5) is 0. The summed E-state index contributed by atoms with van der Waals surface area (Å²) in [6.45, 7) is 9.69. The first-order valence-corrected chi connectivity index (χ1v) is 11.3. The standard InChI is InChI=1S/C24H42/c1-5-8-9-11-18-12-14-22-21(20(18)10-6-2)16-17-24(4)19(7-3)13-15-23(22)24/h7,18,20-23H,5-6,8-17H2,1-4H3/b19-7-. The molecule has 0 heterocycles. The van der Waals surface area contributed by atoms with Gasteiger partial charge in [0, 0.05) is 0 Å². The van der Waals surface area contributed by atoms with Crippen LogP contribution < -0.4 is 0 Å². The van der Waals surface area contributed by atoms with Crippen molar-refractivity contribution >= 4 is 0 Å². The van der Waals surface area contributed by atoms with Crippen LogP contribution in [0.5, 0.6) is 0 Å². The summed E-state index contributed by atoms with van der Waals surface area (Å²) in [5, 5.41) is 0. The molecule has 0 saturated heterocycles. The van der Waals surface area contributed by atoms with Crippen molar-refractivity contribution in [3.63, 3.8) is 0 Å². The molecule has 0 N–H and O–H groups in total. The van der Waals surface area contributed by atoms with Crippen LogP contribution in [0.25, 0.3) is 0 Å². The van der Waals surface area contributed by atoms with Crippen LogP contribution in [0.2, 0.25) is 0 Å². The summed E-state index contributed by atoms with van der Waals surface area (Å²) >= 11 is 0. The summed E-state index contributed by atoms with van der Waals surface area (Å²) in [6.07, 6.45) is 20.3. The topological polar surface area (TPSA) is 0 Å². The van der Waals surface area contributed by atoms with E-state index >= 15 is 0 Å². The molecule has 6 unspecified atom stereocenters. The lowest BCUT2D eigenvalue weighted by molar-refractivity contribution is -0.0321. The molecule has 3 saturated carbocycles. The summed E-state index contributed by atoms with van der Waals surface area (Å²) in [7, 11) is 0. The molecule has 0 aromatic carbocycles. The fraction of sp³-hybridized carbons (Fsp3) is 0.917. The second-order valence-corrected chi connectivity index (χ2v) is 9.53. The van der Waals surface area contributed by atoms with Crippen molar-refractivity contribution in [2.45, 2.75) is 105 Å². The molecule has 0 bridgehead atoms. The Morgan fingerprint density at radius 1 is 0.958 bits per heavy atom.